The molecular formula is C12H16N2. The van der Waals surface area contributed by atoms with Gasteiger partial charge in [0.2, 0.25) is 0 Å². The lowest BCUT2D eigenvalue weighted by Crippen LogP contribution is -1.89. The summed E-state index contributed by atoms with van der Waals surface area (Å²) >= 11 is 0. The summed E-state index contributed by atoms with van der Waals surface area (Å²) < 4.78 is 2.16. The van der Waals surface area contributed by atoms with Crippen LogP contribution >= 0.6 is 0 Å². The number of aryl methyl sites for hydroxylation is 2. The first-order valence-electron chi connectivity index (χ1n) is 5.25. The fourth-order valence-electron chi connectivity index (χ4n) is 1.75. The predicted octanol–water partition coefficient (Wildman–Crippen LogP) is 2.99. The molecule has 2 heterocycles. The molecule has 0 N–H and O–H groups in total. The average Bonchev–Trinajstić information content (AvgIpc) is 2.54. The molecule has 2 aromatic rings. The van der Waals surface area contributed by atoms with E-state index >= 15 is 0 Å². The molecule has 0 aromatic carbocycles. The van der Waals surface area contributed by atoms with Gasteiger partial charge in [0, 0.05) is 11.9 Å². The Morgan fingerprint density at radius 3 is 2.93 bits per heavy atom. The van der Waals surface area contributed by atoms with Crippen LogP contribution in [-0.4, -0.2) is 9.38 Å². The molecule has 14 heavy (non-hydrogen) atoms. The van der Waals surface area contributed by atoms with Crippen molar-refractivity contribution >= 4 is 5.65 Å². The van der Waals surface area contributed by atoms with Gasteiger partial charge in [0.05, 0.1) is 5.69 Å². The van der Waals surface area contributed by atoms with E-state index in [1.807, 2.05) is 12.1 Å². The van der Waals surface area contributed by atoms with Crippen LogP contribution < -0.4 is 0 Å². The molecular weight excluding hydrogens is 172 g/mol. The van der Waals surface area contributed by atoms with Crippen molar-refractivity contribution in [1.82, 2.24) is 9.38 Å². The highest BCUT2D eigenvalue weighted by Crippen LogP contribution is 2.13. The maximum Gasteiger partial charge on any atom is 0.137 e. The van der Waals surface area contributed by atoms with E-state index in [9.17, 15) is 0 Å². The summed E-state index contributed by atoms with van der Waals surface area (Å²) in [5.74, 6) is 0. The molecule has 2 aromatic heterocycles. The van der Waals surface area contributed by atoms with Crippen molar-refractivity contribution in [2.45, 2.75) is 33.1 Å². The van der Waals surface area contributed by atoms with Gasteiger partial charge in [-0.1, -0.05) is 19.4 Å². The molecule has 0 amide bonds. The van der Waals surface area contributed by atoms with Gasteiger partial charge in [0.25, 0.3) is 0 Å². The fraction of sp³-hybridized carbons (Fsp3) is 0.417. The third-order valence-electron chi connectivity index (χ3n) is 2.63. The van der Waals surface area contributed by atoms with Gasteiger partial charge in [-0.2, -0.15) is 0 Å². The second-order valence-corrected chi connectivity index (χ2v) is 3.68. The molecule has 2 heteroatoms. The maximum absolute atomic E-state index is 4.61. The SMILES string of the molecule is CCCCc1nc2ccccn2c1C. The Morgan fingerprint density at radius 1 is 1.36 bits per heavy atom. The third-order valence-corrected chi connectivity index (χ3v) is 2.63. The highest BCUT2D eigenvalue weighted by molar-refractivity contribution is 5.42. The Labute approximate surface area is 84.6 Å². The van der Waals surface area contributed by atoms with Crippen LogP contribution in [0.15, 0.2) is 24.4 Å². The molecule has 74 valence electrons. The summed E-state index contributed by atoms with van der Waals surface area (Å²) in [6, 6.07) is 6.14. The number of rotatable bonds is 3. The van der Waals surface area contributed by atoms with E-state index in [4.69, 9.17) is 0 Å². The first kappa shape index (κ1) is 9.25. The van der Waals surface area contributed by atoms with Gasteiger partial charge in [0.15, 0.2) is 0 Å². The van der Waals surface area contributed by atoms with Crippen molar-refractivity contribution in [3.63, 3.8) is 0 Å². The van der Waals surface area contributed by atoms with Gasteiger partial charge in [-0.15, -0.1) is 0 Å². The van der Waals surface area contributed by atoms with Gasteiger partial charge < -0.3 is 4.40 Å². The zero-order chi connectivity index (χ0) is 9.97. The van der Waals surface area contributed by atoms with Crippen molar-refractivity contribution in [1.29, 1.82) is 0 Å². The van der Waals surface area contributed by atoms with E-state index in [0.29, 0.717) is 0 Å². The number of pyridine rings is 1. The van der Waals surface area contributed by atoms with E-state index < -0.39 is 0 Å². The minimum atomic E-state index is 1.07. The Kier molecular flexibility index (Phi) is 2.53. The van der Waals surface area contributed by atoms with Crippen LogP contribution in [0.4, 0.5) is 0 Å². The van der Waals surface area contributed by atoms with Crippen molar-refractivity contribution in [2.75, 3.05) is 0 Å². The number of hydrogen-bond acceptors (Lipinski definition) is 1. The molecule has 0 radical (unpaired) electrons. The van der Waals surface area contributed by atoms with Gasteiger partial charge in [-0.25, -0.2) is 4.98 Å². The van der Waals surface area contributed by atoms with E-state index in [1.165, 1.54) is 24.2 Å². The summed E-state index contributed by atoms with van der Waals surface area (Å²) in [6.45, 7) is 4.36. The normalized spacial score (nSPS) is 11.0. The third kappa shape index (κ3) is 1.52. The molecule has 0 atom stereocenters. The molecule has 0 aliphatic carbocycles. The topological polar surface area (TPSA) is 17.3 Å². The number of fused-ring (bicyclic) bond motifs is 1. The molecule has 2 rings (SSSR count). The van der Waals surface area contributed by atoms with Crippen molar-refractivity contribution < 1.29 is 0 Å². The highest BCUT2D eigenvalue weighted by atomic mass is 15.0. The fourth-order valence-corrected chi connectivity index (χ4v) is 1.75. The monoisotopic (exact) mass is 188 g/mol. The zero-order valence-electron chi connectivity index (χ0n) is 8.83. The van der Waals surface area contributed by atoms with Crippen LogP contribution in [0.2, 0.25) is 0 Å². The smallest absolute Gasteiger partial charge is 0.137 e. The van der Waals surface area contributed by atoms with E-state index in [2.05, 4.69) is 35.5 Å². The molecule has 0 fully saturated rings. The van der Waals surface area contributed by atoms with Crippen LogP contribution in [0.3, 0.4) is 0 Å². The molecule has 0 aliphatic rings. The number of hydrogen-bond donors (Lipinski definition) is 0. The zero-order valence-corrected chi connectivity index (χ0v) is 8.83. The van der Waals surface area contributed by atoms with Gasteiger partial charge in [-0.05, 0) is 31.9 Å². The number of imidazole rings is 1. The predicted molar refractivity (Wildman–Crippen MR) is 58.5 cm³/mol. The largest absolute Gasteiger partial charge is 0.304 e. The summed E-state index contributed by atoms with van der Waals surface area (Å²) in [4.78, 5) is 4.61. The Balaban J connectivity index is 2.41. The molecule has 0 saturated heterocycles. The van der Waals surface area contributed by atoms with E-state index in [0.717, 1.165) is 12.1 Å². The quantitative estimate of drug-likeness (QED) is 0.723. The number of nitrogens with zero attached hydrogens (tertiary/aromatic N) is 2. The maximum atomic E-state index is 4.61. The standard InChI is InChI=1S/C12H16N2/c1-3-4-7-11-10(2)14-9-6-5-8-12(14)13-11/h5-6,8-9H,3-4,7H2,1-2H3. The first-order chi connectivity index (χ1) is 6.83. The van der Waals surface area contributed by atoms with Crippen LogP contribution in [-0.2, 0) is 6.42 Å². The lowest BCUT2D eigenvalue weighted by molar-refractivity contribution is 0.776. The average molecular weight is 188 g/mol. The number of aromatic nitrogens is 2. The van der Waals surface area contributed by atoms with Gasteiger partial charge >= 0.3 is 0 Å². The lowest BCUT2D eigenvalue weighted by Gasteiger charge is -1.96. The van der Waals surface area contributed by atoms with Crippen molar-refractivity contribution in [2.24, 2.45) is 0 Å². The molecule has 0 spiro atoms. The first-order valence-corrected chi connectivity index (χ1v) is 5.25. The summed E-state index contributed by atoms with van der Waals surface area (Å²) in [5, 5.41) is 0. The molecule has 0 bridgehead atoms. The van der Waals surface area contributed by atoms with Gasteiger partial charge in [-0.3, -0.25) is 0 Å². The van der Waals surface area contributed by atoms with Crippen LogP contribution in [0.5, 0.6) is 0 Å². The molecule has 0 saturated carbocycles. The van der Waals surface area contributed by atoms with Crippen molar-refractivity contribution in [3.05, 3.63) is 35.8 Å². The second-order valence-electron chi connectivity index (χ2n) is 3.68. The number of unbranched alkanes of at least 4 members (excludes halogenated alkanes) is 1. The summed E-state index contributed by atoms with van der Waals surface area (Å²) in [5.41, 5.74) is 3.60. The Bertz CT molecular complexity index is 429. The van der Waals surface area contributed by atoms with Crippen LogP contribution in [0.25, 0.3) is 5.65 Å². The Hall–Kier alpha value is -1.31. The lowest BCUT2D eigenvalue weighted by atomic mass is 10.2. The minimum Gasteiger partial charge on any atom is -0.304 e. The Morgan fingerprint density at radius 2 is 2.21 bits per heavy atom. The minimum absolute atomic E-state index is 1.07. The van der Waals surface area contributed by atoms with Crippen LogP contribution in [0, 0.1) is 6.92 Å². The summed E-state index contributed by atoms with van der Waals surface area (Å²) in [6.07, 6.45) is 5.63. The van der Waals surface area contributed by atoms with E-state index in [-0.39, 0.29) is 0 Å². The molecule has 2 nitrogen and oxygen atoms in total. The summed E-state index contributed by atoms with van der Waals surface area (Å²) in [7, 11) is 0. The molecule has 0 aliphatic heterocycles. The van der Waals surface area contributed by atoms with E-state index in [1.54, 1.807) is 0 Å². The van der Waals surface area contributed by atoms with Crippen molar-refractivity contribution in [3.8, 4) is 0 Å². The molecule has 0 unspecified atom stereocenters. The highest BCUT2D eigenvalue weighted by Gasteiger charge is 2.05. The second kappa shape index (κ2) is 3.82. The van der Waals surface area contributed by atoms with Gasteiger partial charge in [0.1, 0.15) is 5.65 Å². The van der Waals surface area contributed by atoms with Crippen LogP contribution in [0.1, 0.15) is 31.2 Å².